The maximum Gasteiger partial charge on any atom is 0.408 e. The molecule has 0 aliphatic rings. The Labute approximate surface area is 116 Å². The molecule has 0 aliphatic carbocycles. The minimum atomic E-state index is -1.20. The molecule has 3 N–H and O–H groups in total. The maximum atomic E-state index is 11.6. The van der Waals surface area contributed by atoms with Crippen LogP contribution < -0.4 is 10.9 Å². The van der Waals surface area contributed by atoms with Crippen molar-refractivity contribution in [1.29, 1.82) is 0 Å². The van der Waals surface area contributed by atoms with Gasteiger partial charge >= 0.3 is 12.1 Å². The topological polar surface area (TPSA) is 108 Å². The number of rotatable bonds is 4. The van der Waals surface area contributed by atoms with Crippen LogP contribution in [0.25, 0.3) is 0 Å². The zero-order chi connectivity index (χ0) is 15.3. The van der Waals surface area contributed by atoms with Gasteiger partial charge in [-0.15, -0.1) is 0 Å². The number of H-pyrrole nitrogens is 1. The van der Waals surface area contributed by atoms with Gasteiger partial charge in [0.25, 0.3) is 0 Å². The Morgan fingerprint density at radius 3 is 2.60 bits per heavy atom. The third-order valence-electron chi connectivity index (χ3n) is 2.27. The van der Waals surface area contributed by atoms with E-state index in [1.165, 1.54) is 12.3 Å². The molecule has 0 saturated carbocycles. The Kier molecular flexibility index (Phi) is 4.90. The summed E-state index contributed by atoms with van der Waals surface area (Å²) in [6.07, 6.45) is 0.609. The van der Waals surface area contributed by atoms with Crippen LogP contribution in [0.15, 0.2) is 23.1 Å². The van der Waals surface area contributed by atoms with Gasteiger partial charge in [-0.25, -0.2) is 9.59 Å². The van der Waals surface area contributed by atoms with E-state index in [9.17, 15) is 14.4 Å². The molecule has 1 aromatic rings. The van der Waals surface area contributed by atoms with Crippen LogP contribution in [0.5, 0.6) is 0 Å². The smallest absolute Gasteiger partial charge is 0.408 e. The number of pyridine rings is 1. The summed E-state index contributed by atoms with van der Waals surface area (Å²) in [6.45, 7) is 5.04. The molecule has 1 amide bonds. The number of hydrogen-bond donors (Lipinski definition) is 3. The average Bonchev–Trinajstić information content (AvgIpc) is 2.25. The molecule has 0 bridgehead atoms. The Balaban J connectivity index is 2.73. The second kappa shape index (κ2) is 6.23. The van der Waals surface area contributed by atoms with Gasteiger partial charge in [0.2, 0.25) is 5.56 Å². The van der Waals surface area contributed by atoms with Gasteiger partial charge in [-0.1, -0.05) is 0 Å². The minimum Gasteiger partial charge on any atom is -0.480 e. The SMILES string of the molecule is CC(C)(C)OC(=O)NC(Cc1cc[nH]c(=O)c1)C(=O)O. The highest BCUT2D eigenvalue weighted by molar-refractivity contribution is 5.80. The van der Waals surface area contributed by atoms with Crippen molar-refractivity contribution in [2.24, 2.45) is 0 Å². The fourth-order valence-corrected chi connectivity index (χ4v) is 1.50. The Morgan fingerprint density at radius 1 is 1.45 bits per heavy atom. The zero-order valence-corrected chi connectivity index (χ0v) is 11.6. The quantitative estimate of drug-likeness (QED) is 0.760. The van der Waals surface area contributed by atoms with Crippen molar-refractivity contribution in [3.8, 4) is 0 Å². The van der Waals surface area contributed by atoms with Crippen molar-refractivity contribution in [2.75, 3.05) is 0 Å². The number of carboxylic acids is 1. The largest absolute Gasteiger partial charge is 0.480 e. The van der Waals surface area contributed by atoms with Crippen molar-refractivity contribution in [3.05, 3.63) is 34.2 Å². The van der Waals surface area contributed by atoms with Crippen molar-refractivity contribution in [1.82, 2.24) is 10.3 Å². The molecule has 1 rings (SSSR count). The number of ether oxygens (including phenoxy) is 1. The molecule has 7 heteroatoms. The summed E-state index contributed by atoms with van der Waals surface area (Å²) in [6, 6.07) is 1.70. The highest BCUT2D eigenvalue weighted by Crippen LogP contribution is 2.08. The maximum absolute atomic E-state index is 11.6. The van der Waals surface area contributed by atoms with E-state index in [-0.39, 0.29) is 12.0 Å². The number of alkyl carbamates (subject to hydrolysis) is 1. The normalized spacial score (nSPS) is 12.6. The summed E-state index contributed by atoms with van der Waals surface area (Å²) in [5.41, 5.74) is -0.530. The zero-order valence-electron chi connectivity index (χ0n) is 11.6. The second-order valence-corrected chi connectivity index (χ2v) is 5.30. The van der Waals surface area contributed by atoms with E-state index < -0.39 is 23.7 Å². The van der Waals surface area contributed by atoms with Crippen LogP contribution in [0, 0.1) is 0 Å². The predicted molar refractivity (Wildman–Crippen MR) is 71.6 cm³/mol. The first kappa shape index (κ1) is 15.7. The van der Waals surface area contributed by atoms with E-state index in [0.717, 1.165) is 0 Å². The van der Waals surface area contributed by atoms with Crippen LogP contribution >= 0.6 is 0 Å². The van der Waals surface area contributed by atoms with Crippen LogP contribution in [0.1, 0.15) is 26.3 Å². The fourth-order valence-electron chi connectivity index (χ4n) is 1.50. The fraction of sp³-hybridized carbons (Fsp3) is 0.462. The molecule has 1 heterocycles. The summed E-state index contributed by atoms with van der Waals surface area (Å²) in [5, 5.41) is 11.4. The number of amides is 1. The summed E-state index contributed by atoms with van der Waals surface area (Å²) >= 11 is 0. The number of carbonyl (C=O) groups is 2. The van der Waals surface area contributed by atoms with Crippen molar-refractivity contribution >= 4 is 12.1 Å². The first-order chi connectivity index (χ1) is 9.17. The molecule has 0 aromatic carbocycles. The number of aromatic amines is 1. The molecule has 1 atom stereocenters. The van der Waals surface area contributed by atoms with Crippen molar-refractivity contribution < 1.29 is 19.4 Å². The first-order valence-electron chi connectivity index (χ1n) is 6.07. The van der Waals surface area contributed by atoms with Crippen LogP contribution in [0.2, 0.25) is 0 Å². The molecule has 0 spiro atoms. The number of aliphatic carboxylic acids is 1. The van der Waals surface area contributed by atoms with Crippen LogP contribution in [0.4, 0.5) is 4.79 Å². The third kappa shape index (κ3) is 5.55. The van der Waals surface area contributed by atoms with E-state index in [2.05, 4.69) is 10.3 Å². The lowest BCUT2D eigenvalue weighted by atomic mass is 10.1. The predicted octanol–water partition coefficient (Wildman–Crippen LogP) is 0.895. The molecular formula is C13H18N2O5. The summed E-state index contributed by atoms with van der Waals surface area (Å²) < 4.78 is 5.00. The van der Waals surface area contributed by atoms with Crippen molar-refractivity contribution in [3.63, 3.8) is 0 Å². The highest BCUT2D eigenvalue weighted by Gasteiger charge is 2.24. The van der Waals surface area contributed by atoms with Gasteiger partial charge in [-0.2, -0.15) is 0 Å². The Hall–Kier alpha value is -2.31. The number of aromatic nitrogens is 1. The lowest BCUT2D eigenvalue weighted by Gasteiger charge is -2.22. The van der Waals surface area contributed by atoms with Crippen molar-refractivity contribution in [2.45, 2.75) is 38.8 Å². The number of carbonyl (C=O) groups excluding carboxylic acids is 1. The summed E-state index contributed by atoms with van der Waals surface area (Å²) in [5.74, 6) is -1.20. The lowest BCUT2D eigenvalue weighted by Crippen LogP contribution is -2.44. The Bertz CT molecular complexity index is 544. The number of carboxylic acid groups (broad SMARTS) is 1. The van der Waals surface area contributed by atoms with Crippen LogP contribution in [0.3, 0.4) is 0 Å². The standard InChI is InChI=1S/C13H18N2O5/c1-13(2,3)20-12(19)15-9(11(17)18)6-8-4-5-14-10(16)7-8/h4-5,7,9H,6H2,1-3H3,(H,14,16)(H,15,19)(H,17,18). The number of nitrogens with one attached hydrogen (secondary N) is 2. The molecule has 7 nitrogen and oxygen atoms in total. The van der Waals surface area contributed by atoms with E-state index in [4.69, 9.17) is 9.84 Å². The monoisotopic (exact) mass is 282 g/mol. The molecule has 1 aromatic heterocycles. The van der Waals surface area contributed by atoms with E-state index in [1.807, 2.05) is 0 Å². The van der Waals surface area contributed by atoms with E-state index >= 15 is 0 Å². The van der Waals surface area contributed by atoms with E-state index in [0.29, 0.717) is 5.56 Å². The average molecular weight is 282 g/mol. The molecular weight excluding hydrogens is 264 g/mol. The molecule has 0 radical (unpaired) electrons. The van der Waals surface area contributed by atoms with Gasteiger partial charge in [-0.05, 0) is 32.4 Å². The first-order valence-corrected chi connectivity index (χ1v) is 6.07. The number of hydrogen-bond acceptors (Lipinski definition) is 4. The lowest BCUT2D eigenvalue weighted by molar-refractivity contribution is -0.139. The minimum absolute atomic E-state index is 0.00149. The molecule has 110 valence electrons. The molecule has 0 saturated heterocycles. The van der Waals surface area contributed by atoms with E-state index in [1.54, 1.807) is 26.8 Å². The van der Waals surface area contributed by atoms with Gasteiger partial charge in [-0.3, -0.25) is 4.79 Å². The molecule has 0 fully saturated rings. The van der Waals surface area contributed by atoms with Gasteiger partial charge < -0.3 is 20.1 Å². The van der Waals surface area contributed by atoms with Crippen LogP contribution in [-0.2, 0) is 16.0 Å². The van der Waals surface area contributed by atoms with Gasteiger partial charge in [0.1, 0.15) is 11.6 Å². The van der Waals surface area contributed by atoms with Gasteiger partial charge in [0.15, 0.2) is 0 Å². The summed E-state index contributed by atoms with van der Waals surface area (Å²) in [7, 11) is 0. The highest BCUT2D eigenvalue weighted by atomic mass is 16.6. The summed E-state index contributed by atoms with van der Waals surface area (Å²) in [4.78, 5) is 36.3. The molecule has 1 unspecified atom stereocenters. The van der Waals surface area contributed by atoms with Gasteiger partial charge in [0, 0.05) is 18.7 Å². The third-order valence-corrected chi connectivity index (χ3v) is 2.27. The van der Waals surface area contributed by atoms with Gasteiger partial charge in [0.05, 0.1) is 0 Å². The molecule has 0 aliphatic heterocycles. The van der Waals surface area contributed by atoms with Crippen LogP contribution in [-0.4, -0.2) is 33.8 Å². The molecule has 20 heavy (non-hydrogen) atoms. The second-order valence-electron chi connectivity index (χ2n) is 5.30. The Morgan fingerprint density at radius 2 is 2.10 bits per heavy atom.